The van der Waals surface area contributed by atoms with Crippen molar-refractivity contribution in [3.05, 3.63) is 0 Å². The van der Waals surface area contributed by atoms with E-state index in [9.17, 15) is 19.8 Å². The molecule has 3 aliphatic carbocycles. The topological polar surface area (TPSA) is 83.8 Å². The highest BCUT2D eigenvalue weighted by molar-refractivity contribution is 5.93. The molecule has 3 rings (SSSR count). The number of Topliss-reactive ketones (excluding diaryl/α,β-unsaturated/α-hetero) is 1. The first-order chi connectivity index (χ1) is 10.2. The van der Waals surface area contributed by atoms with E-state index in [0.29, 0.717) is 6.42 Å². The van der Waals surface area contributed by atoms with Crippen LogP contribution in [0.15, 0.2) is 0 Å². The van der Waals surface area contributed by atoms with E-state index in [2.05, 4.69) is 6.92 Å². The van der Waals surface area contributed by atoms with Crippen LogP contribution < -0.4 is 0 Å². The Morgan fingerprint density at radius 2 is 1.86 bits per heavy atom. The van der Waals surface area contributed by atoms with Crippen LogP contribution in [0.25, 0.3) is 0 Å². The minimum atomic E-state index is -1.11. The van der Waals surface area contributed by atoms with Gasteiger partial charge in [-0.15, -0.1) is 0 Å². The lowest BCUT2D eigenvalue weighted by Gasteiger charge is -2.60. The lowest BCUT2D eigenvalue weighted by Crippen LogP contribution is -2.67. The number of ether oxygens (including phenoxy) is 1. The third-order valence-electron chi connectivity index (χ3n) is 7.07. The molecule has 0 aromatic carbocycles. The second kappa shape index (κ2) is 4.78. The Morgan fingerprint density at radius 3 is 2.45 bits per heavy atom. The Kier molecular flexibility index (Phi) is 3.46. The molecular formula is C17H26O5. The first-order valence-electron chi connectivity index (χ1n) is 8.26. The van der Waals surface area contributed by atoms with E-state index >= 15 is 0 Å². The molecule has 2 bridgehead atoms. The van der Waals surface area contributed by atoms with Crippen molar-refractivity contribution in [1.29, 1.82) is 0 Å². The number of ketones is 1. The first-order valence-corrected chi connectivity index (χ1v) is 8.26. The average molecular weight is 310 g/mol. The zero-order valence-corrected chi connectivity index (χ0v) is 13.7. The van der Waals surface area contributed by atoms with E-state index in [1.807, 2.05) is 13.8 Å². The van der Waals surface area contributed by atoms with Gasteiger partial charge in [-0.1, -0.05) is 20.8 Å². The fourth-order valence-electron chi connectivity index (χ4n) is 6.14. The van der Waals surface area contributed by atoms with Crippen molar-refractivity contribution in [2.24, 2.45) is 28.6 Å². The van der Waals surface area contributed by atoms with Gasteiger partial charge in [0.05, 0.1) is 17.6 Å². The fourth-order valence-corrected chi connectivity index (χ4v) is 6.14. The number of carbonyl (C=O) groups excluding carboxylic acids is 2. The summed E-state index contributed by atoms with van der Waals surface area (Å²) in [6.45, 7) is 7.30. The Labute approximate surface area is 131 Å². The van der Waals surface area contributed by atoms with E-state index in [0.717, 1.165) is 6.42 Å². The minimum absolute atomic E-state index is 0.0544. The molecule has 0 aromatic rings. The van der Waals surface area contributed by atoms with Gasteiger partial charge in [0.25, 0.3) is 0 Å². The van der Waals surface area contributed by atoms with E-state index in [4.69, 9.17) is 4.74 Å². The van der Waals surface area contributed by atoms with E-state index < -0.39 is 29.1 Å². The molecule has 0 aliphatic heterocycles. The van der Waals surface area contributed by atoms with Crippen LogP contribution in [0.1, 0.15) is 47.0 Å². The summed E-state index contributed by atoms with van der Waals surface area (Å²) in [5.74, 6) is -0.716. The Hall–Kier alpha value is -0.940. The molecule has 22 heavy (non-hydrogen) atoms. The average Bonchev–Trinajstić information content (AvgIpc) is 2.55. The van der Waals surface area contributed by atoms with Gasteiger partial charge in [0, 0.05) is 25.2 Å². The van der Waals surface area contributed by atoms with Gasteiger partial charge in [-0.3, -0.25) is 9.59 Å². The molecule has 0 radical (unpaired) electrons. The van der Waals surface area contributed by atoms with Gasteiger partial charge < -0.3 is 14.9 Å². The molecule has 0 amide bonds. The maximum Gasteiger partial charge on any atom is 0.302 e. The van der Waals surface area contributed by atoms with Crippen molar-refractivity contribution < 1.29 is 24.5 Å². The SMILES string of the molecule is CC(=O)O[C@H]1C[C@H](O)[C@@]23C(=O)[C@@H](C)[C@@H]1[C@]2(C)[C@@H](C)CC[C@@H]3O. The van der Waals surface area contributed by atoms with Gasteiger partial charge in [0.1, 0.15) is 11.9 Å². The summed E-state index contributed by atoms with van der Waals surface area (Å²) < 4.78 is 5.47. The molecule has 8 atom stereocenters. The monoisotopic (exact) mass is 310 g/mol. The molecule has 0 spiro atoms. The number of carbonyl (C=O) groups is 2. The molecular weight excluding hydrogens is 284 g/mol. The molecule has 124 valence electrons. The van der Waals surface area contributed by atoms with Crippen LogP contribution in [-0.4, -0.2) is 40.3 Å². The second-order valence-corrected chi connectivity index (χ2v) is 7.72. The number of hydrogen-bond acceptors (Lipinski definition) is 5. The van der Waals surface area contributed by atoms with Crippen molar-refractivity contribution in [1.82, 2.24) is 0 Å². The third kappa shape index (κ3) is 1.56. The molecule has 3 saturated carbocycles. The molecule has 0 unspecified atom stereocenters. The summed E-state index contributed by atoms with van der Waals surface area (Å²) in [6.07, 6.45) is -0.651. The van der Waals surface area contributed by atoms with E-state index in [-0.39, 0.29) is 35.9 Å². The van der Waals surface area contributed by atoms with Gasteiger partial charge in [-0.25, -0.2) is 0 Å². The molecule has 0 saturated heterocycles. The summed E-state index contributed by atoms with van der Waals surface area (Å²) in [6, 6.07) is 0. The summed E-state index contributed by atoms with van der Waals surface area (Å²) in [5.41, 5.74) is -1.65. The smallest absolute Gasteiger partial charge is 0.302 e. The molecule has 0 heterocycles. The van der Waals surface area contributed by atoms with Crippen LogP contribution >= 0.6 is 0 Å². The number of esters is 1. The van der Waals surface area contributed by atoms with Crippen molar-refractivity contribution in [3.63, 3.8) is 0 Å². The molecule has 0 aromatic heterocycles. The molecule has 3 fully saturated rings. The van der Waals surface area contributed by atoms with Crippen molar-refractivity contribution in [2.45, 2.75) is 65.3 Å². The van der Waals surface area contributed by atoms with Crippen LogP contribution in [0.4, 0.5) is 0 Å². The van der Waals surface area contributed by atoms with Crippen LogP contribution in [0.2, 0.25) is 0 Å². The molecule has 5 heteroatoms. The van der Waals surface area contributed by atoms with E-state index in [1.54, 1.807) is 0 Å². The summed E-state index contributed by atoms with van der Waals surface area (Å²) >= 11 is 0. The highest BCUT2D eigenvalue weighted by atomic mass is 16.5. The van der Waals surface area contributed by atoms with Crippen molar-refractivity contribution in [2.75, 3.05) is 0 Å². The predicted molar refractivity (Wildman–Crippen MR) is 78.8 cm³/mol. The number of aliphatic hydroxyl groups is 2. The summed E-state index contributed by atoms with van der Waals surface area (Å²) in [7, 11) is 0. The number of aliphatic hydroxyl groups excluding tert-OH is 2. The van der Waals surface area contributed by atoms with Crippen LogP contribution in [0, 0.1) is 28.6 Å². The lowest BCUT2D eigenvalue weighted by molar-refractivity contribution is -0.228. The molecule has 2 N–H and O–H groups in total. The van der Waals surface area contributed by atoms with Gasteiger partial charge in [-0.05, 0) is 24.2 Å². The zero-order valence-electron chi connectivity index (χ0n) is 13.7. The quantitative estimate of drug-likeness (QED) is 0.713. The Morgan fingerprint density at radius 1 is 1.23 bits per heavy atom. The Balaban J connectivity index is 2.17. The predicted octanol–water partition coefficient (Wildman–Crippen LogP) is 1.30. The largest absolute Gasteiger partial charge is 0.462 e. The summed E-state index contributed by atoms with van der Waals surface area (Å²) in [5, 5.41) is 21.5. The standard InChI is InChI=1S/C17H26O5/c1-8-5-6-12(19)17-13(20)7-11(22-10(3)18)14(16(8,17)4)9(2)15(17)21/h8-9,11-14,19-20H,5-7H2,1-4H3/t8-,9-,11-,12-,13-,14-,16-,17-/m0/s1. The normalized spacial score (nSPS) is 54.0. The third-order valence-corrected chi connectivity index (χ3v) is 7.07. The fraction of sp³-hybridized carbons (Fsp3) is 0.882. The van der Waals surface area contributed by atoms with Gasteiger partial charge >= 0.3 is 5.97 Å². The lowest BCUT2D eigenvalue weighted by atomic mass is 9.45. The first kappa shape index (κ1) is 15.9. The van der Waals surface area contributed by atoms with Crippen LogP contribution in [0.5, 0.6) is 0 Å². The zero-order chi connectivity index (χ0) is 16.4. The maximum absolute atomic E-state index is 13.1. The van der Waals surface area contributed by atoms with Crippen molar-refractivity contribution in [3.8, 4) is 0 Å². The molecule has 5 nitrogen and oxygen atoms in total. The van der Waals surface area contributed by atoms with E-state index in [1.165, 1.54) is 6.92 Å². The number of rotatable bonds is 1. The maximum atomic E-state index is 13.1. The highest BCUT2D eigenvalue weighted by Crippen LogP contribution is 2.70. The number of hydrogen-bond donors (Lipinski definition) is 2. The summed E-state index contributed by atoms with van der Waals surface area (Å²) in [4.78, 5) is 24.5. The van der Waals surface area contributed by atoms with Crippen LogP contribution in [-0.2, 0) is 14.3 Å². The van der Waals surface area contributed by atoms with Crippen LogP contribution in [0.3, 0.4) is 0 Å². The highest BCUT2D eigenvalue weighted by Gasteiger charge is 2.77. The van der Waals surface area contributed by atoms with Gasteiger partial charge in [0.15, 0.2) is 0 Å². The Bertz CT molecular complexity index is 517. The minimum Gasteiger partial charge on any atom is -0.462 e. The van der Waals surface area contributed by atoms with Gasteiger partial charge in [-0.2, -0.15) is 0 Å². The van der Waals surface area contributed by atoms with Gasteiger partial charge in [0.2, 0.25) is 0 Å². The second-order valence-electron chi connectivity index (χ2n) is 7.72. The van der Waals surface area contributed by atoms with Crippen molar-refractivity contribution >= 4 is 11.8 Å². The molecule has 3 aliphatic rings.